The van der Waals surface area contributed by atoms with Gasteiger partial charge in [0, 0.05) is 18.8 Å². The first-order valence-corrected chi connectivity index (χ1v) is 4.52. The van der Waals surface area contributed by atoms with Crippen molar-refractivity contribution in [2.45, 2.75) is 13.0 Å². The van der Waals surface area contributed by atoms with Gasteiger partial charge in [-0.2, -0.15) is 0 Å². The zero-order chi connectivity index (χ0) is 9.14. The molecule has 1 rings (SSSR count). The predicted octanol–water partition coefficient (Wildman–Crippen LogP) is 1.11. The van der Waals surface area contributed by atoms with Crippen LogP contribution in [0.5, 0.6) is 0 Å². The SMILES string of the molecule is Cc1cc([C@@H](N)CN)cnc1Br. The molecule has 0 aliphatic rings. The highest BCUT2D eigenvalue weighted by Gasteiger charge is 2.05. The zero-order valence-electron chi connectivity index (χ0n) is 6.92. The Morgan fingerprint density at radius 1 is 1.67 bits per heavy atom. The van der Waals surface area contributed by atoms with Crippen molar-refractivity contribution < 1.29 is 0 Å². The maximum Gasteiger partial charge on any atom is 0.108 e. The highest BCUT2D eigenvalue weighted by molar-refractivity contribution is 9.10. The summed E-state index contributed by atoms with van der Waals surface area (Å²) in [6.07, 6.45) is 1.74. The lowest BCUT2D eigenvalue weighted by molar-refractivity contribution is 0.731. The molecule has 1 heterocycles. The fourth-order valence-electron chi connectivity index (χ4n) is 0.919. The lowest BCUT2D eigenvalue weighted by Gasteiger charge is -2.09. The van der Waals surface area contributed by atoms with E-state index in [1.165, 1.54) is 0 Å². The summed E-state index contributed by atoms with van der Waals surface area (Å²) in [5.74, 6) is 0. The van der Waals surface area contributed by atoms with Gasteiger partial charge in [0.25, 0.3) is 0 Å². The van der Waals surface area contributed by atoms with Crippen LogP contribution in [-0.2, 0) is 0 Å². The van der Waals surface area contributed by atoms with Crippen LogP contribution in [0.1, 0.15) is 17.2 Å². The minimum Gasteiger partial charge on any atom is -0.329 e. The van der Waals surface area contributed by atoms with E-state index in [0.29, 0.717) is 6.54 Å². The fraction of sp³-hybridized carbons (Fsp3) is 0.375. The molecule has 0 spiro atoms. The number of pyridine rings is 1. The van der Waals surface area contributed by atoms with Crippen LogP contribution in [0.3, 0.4) is 0 Å². The maximum absolute atomic E-state index is 5.73. The van der Waals surface area contributed by atoms with Gasteiger partial charge in [-0.25, -0.2) is 4.98 Å². The molecule has 1 atom stereocenters. The number of hydrogen-bond acceptors (Lipinski definition) is 3. The Kier molecular flexibility index (Phi) is 3.20. The molecule has 0 saturated heterocycles. The molecular formula is C8H12BrN3. The highest BCUT2D eigenvalue weighted by Crippen LogP contribution is 2.16. The van der Waals surface area contributed by atoms with Gasteiger partial charge in [-0.3, -0.25) is 0 Å². The number of nitrogens with zero attached hydrogens (tertiary/aromatic N) is 1. The van der Waals surface area contributed by atoms with Crippen molar-refractivity contribution in [3.8, 4) is 0 Å². The Bertz CT molecular complexity index is 275. The lowest BCUT2D eigenvalue weighted by Crippen LogP contribution is -2.20. The topological polar surface area (TPSA) is 64.9 Å². The van der Waals surface area contributed by atoms with E-state index in [4.69, 9.17) is 11.5 Å². The van der Waals surface area contributed by atoms with E-state index in [9.17, 15) is 0 Å². The summed E-state index contributed by atoms with van der Waals surface area (Å²) in [7, 11) is 0. The number of rotatable bonds is 2. The van der Waals surface area contributed by atoms with Crippen LogP contribution in [-0.4, -0.2) is 11.5 Å². The van der Waals surface area contributed by atoms with Crippen LogP contribution in [0.2, 0.25) is 0 Å². The van der Waals surface area contributed by atoms with E-state index in [1.54, 1.807) is 6.20 Å². The van der Waals surface area contributed by atoms with Crippen molar-refractivity contribution >= 4 is 15.9 Å². The molecule has 66 valence electrons. The average Bonchev–Trinajstić information content (AvgIpc) is 2.08. The molecule has 0 fully saturated rings. The van der Waals surface area contributed by atoms with Crippen molar-refractivity contribution in [3.63, 3.8) is 0 Å². The van der Waals surface area contributed by atoms with Crippen molar-refractivity contribution in [1.29, 1.82) is 0 Å². The van der Waals surface area contributed by atoms with E-state index in [0.717, 1.165) is 15.7 Å². The second-order valence-electron chi connectivity index (χ2n) is 2.72. The van der Waals surface area contributed by atoms with Gasteiger partial charge in [0.15, 0.2) is 0 Å². The first-order valence-electron chi connectivity index (χ1n) is 3.73. The number of hydrogen-bond donors (Lipinski definition) is 2. The Labute approximate surface area is 80.3 Å². The molecule has 0 amide bonds. The minimum atomic E-state index is -0.107. The second-order valence-corrected chi connectivity index (χ2v) is 3.47. The van der Waals surface area contributed by atoms with E-state index in [2.05, 4.69) is 20.9 Å². The summed E-state index contributed by atoms with van der Waals surface area (Å²) in [6, 6.07) is 1.89. The number of aryl methyl sites for hydroxylation is 1. The summed E-state index contributed by atoms with van der Waals surface area (Å²) in [6.45, 7) is 2.42. The van der Waals surface area contributed by atoms with Gasteiger partial charge in [-0.1, -0.05) is 6.07 Å². The summed E-state index contributed by atoms with van der Waals surface area (Å²) in [5.41, 5.74) is 13.2. The van der Waals surface area contributed by atoms with Gasteiger partial charge in [0.1, 0.15) is 4.60 Å². The van der Waals surface area contributed by atoms with Crippen LogP contribution in [0.4, 0.5) is 0 Å². The molecule has 3 nitrogen and oxygen atoms in total. The van der Waals surface area contributed by atoms with E-state index < -0.39 is 0 Å². The van der Waals surface area contributed by atoms with Crippen molar-refractivity contribution in [3.05, 3.63) is 28.0 Å². The quantitative estimate of drug-likeness (QED) is 0.748. The zero-order valence-corrected chi connectivity index (χ0v) is 8.51. The molecular weight excluding hydrogens is 218 g/mol. The molecule has 12 heavy (non-hydrogen) atoms. The number of halogens is 1. The van der Waals surface area contributed by atoms with Crippen molar-refractivity contribution in [1.82, 2.24) is 4.98 Å². The molecule has 0 unspecified atom stereocenters. The van der Waals surface area contributed by atoms with Crippen LogP contribution in [0, 0.1) is 6.92 Å². The molecule has 0 saturated carbocycles. The number of aromatic nitrogens is 1. The maximum atomic E-state index is 5.73. The van der Waals surface area contributed by atoms with E-state index >= 15 is 0 Å². The summed E-state index contributed by atoms with van der Waals surface area (Å²) >= 11 is 3.32. The van der Waals surface area contributed by atoms with Crippen LogP contribution in [0.25, 0.3) is 0 Å². The monoisotopic (exact) mass is 229 g/mol. The lowest BCUT2D eigenvalue weighted by atomic mass is 10.1. The standard InChI is InChI=1S/C8H12BrN3/c1-5-2-6(7(11)3-10)4-12-8(5)9/h2,4,7H,3,10-11H2,1H3/t7-/m0/s1. The molecule has 4 heteroatoms. The first kappa shape index (κ1) is 9.64. The first-order chi connectivity index (χ1) is 5.65. The molecule has 4 N–H and O–H groups in total. The smallest absolute Gasteiger partial charge is 0.108 e. The largest absolute Gasteiger partial charge is 0.329 e. The van der Waals surface area contributed by atoms with Crippen molar-refractivity contribution in [2.75, 3.05) is 6.54 Å². The second kappa shape index (κ2) is 3.98. The molecule has 1 aromatic heterocycles. The Morgan fingerprint density at radius 3 is 2.83 bits per heavy atom. The van der Waals surface area contributed by atoms with Gasteiger partial charge in [-0.15, -0.1) is 0 Å². The van der Waals surface area contributed by atoms with Crippen LogP contribution < -0.4 is 11.5 Å². The number of nitrogens with two attached hydrogens (primary N) is 2. The average molecular weight is 230 g/mol. The molecule has 1 aromatic rings. The predicted molar refractivity (Wildman–Crippen MR) is 52.7 cm³/mol. The Hall–Kier alpha value is -0.450. The third-order valence-electron chi connectivity index (χ3n) is 1.72. The highest BCUT2D eigenvalue weighted by atomic mass is 79.9. The Morgan fingerprint density at radius 2 is 2.33 bits per heavy atom. The van der Waals surface area contributed by atoms with Gasteiger partial charge >= 0.3 is 0 Å². The summed E-state index contributed by atoms with van der Waals surface area (Å²) < 4.78 is 0.857. The minimum absolute atomic E-state index is 0.107. The van der Waals surface area contributed by atoms with E-state index in [1.807, 2.05) is 13.0 Å². The molecule has 0 aromatic carbocycles. The van der Waals surface area contributed by atoms with Crippen LogP contribution in [0.15, 0.2) is 16.9 Å². The third kappa shape index (κ3) is 2.03. The van der Waals surface area contributed by atoms with E-state index in [-0.39, 0.29) is 6.04 Å². The van der Waals surface area contributed by atoms with Crippen molar-refractivity contribution in [2.24, 2.45) is 11.5 Å². The molecule has 0 bridgehead atoms. The summed E-state index contributed by atoms with van der Waals surface area (Å²) in [4.78, 5) is 4.13. The van der Waals surface area contributed by atoms with Gasteiger partial charge < -0.3 is 11.5 Å². The van der Waals surface area contributed by atoms with Crippen LogP contribution >= 0.6 is 15.9 Å². The fourth-order valence-corrected chi connectivity index (χ4v) is 1.14. The molecule has 0 aliphatic carbocycles. The Balaban J connectivity index is 2.96. The normalized spacial score (nSPS) is 13.0. The van der Waals surface area contributed by atoms with Gasteiger partial charge in [0.05, 0.1) is 0 Å². The third-order valence-corrected chi connectivity index (χ3v) is 2.55. The van der Waals surface area contributed by atoms with Gasteiger partial charge in [0.2, 0.25) is 0 Å². The van der Waals surface area contributed by atoms with Gasteiger partial charge in [-0.05, 0) is 34.0 Å². The molecule has 0 radical (unpaired) electrons. The summed E-state index contributed by atoms with van der Waals surface area (Å²) in [5, 5.41) is 0. The molecule has 0 aliphatic heterocycles.